The van der Waals surface area contributed by atoms with Crippen LogP contribution in [0.1, 0.15) is 27.0 Å². The molecular formula is C13H15ClO2Si. The third kappa shape index (κ3) is 2.38. The summed E-state index contributed by atoms with van der Waals surface area (Å²) in [5.41, 5.74) is 3.31. The number of carbonyl (C=O) groups is 1. The zero-order valence-electron chi connectivity index (χ0n) is 10.5. The summed E-state index contributed by atoms with van der Waals surface area (Å²) < 4.78 is 4.76. The van der Waals surface area contributed by atoms with E-state index in [1.54, 1.807) is 0 Å². The second-order valence-electron chi connectivity index (χ2n) is 3.92. The first kappa shape index (κ1) is 13.8. The average molecular weight is 267 g/mol. The molecule has 0 spiro atoms. The molecule has 90 valence electrons. The molecule has 0 aliphatic rings. The fourth-order valence-electron chi connectivity index (χ4n) is 1.83. The van der Waals surface area contributed by atoms with Crippen LogP contribution in [0.4, 0.5) is 0 Å². The van der Waals surface area contributed by atoms with E-state index in [4.69, 9.17) is 22.8 Å². The van der Waals surface area contributed by atoms with E-state index in [2.05, 4.69) is 5.92 Å². The van der Waals surface area contributed by atoms with Crippen LogP contribution in [0.25, 0.3) is 0 Å². The van der Waals surface area contributed by atoms with Crippen LogP contribution in [-0.4, -0.2) is 23.3 Å². The Kier molecular flexibility index (Phi) is 4.38. The van der Waals surface area contributed by atoms with Crippen molar-refractivity contribution in [1.82, 2.24) is 0 Å². The Bertz CT molecular complexity index is 515. The van der Waals surface area contributed by atoms with Gasteiger partial charge in [-0.05, 0) is 30.5 Å². The molecule has 0 unspecified atom stereocenters. The maximum Gasteiger partial charge on any atom is 0.339 e. The van der Waals surface area contributed by atoms with E-state index in [-0.39, 0.29) is 0 Å². The predicted molar refractivity (Wildman–Crippen MR) is 74.4 cm³/mol. The summed E-state index contributed by atoms with van der Waals surface area (Å²) in [6.45, 7) is 3.87. The van der Waals surface area contributed by atoms with Gasteiger partial charge in [-0.25, -0.2) is 4.79 Å². The topological polar surface area (TPSA) is 26.3 Å². The van der Waals surface area contributed by atoms with Gasteiger partial charge in [-0.1, -0.05) is 16.8 Å². The standard InChI is InChI=1S/C13H15ClO2Si/c1-5-6-9-11(14)10(13(15)16-4)7(2)8(3)12(9)17/h1H,6H2,2-4,17H3. The summed E-state index contributed by atoms with van der Waals surface area (Å²) in [5, 5.41) is 1.63. The van der Waals surface area contributed by atoms with E-state index >= 15 is 0 Å². The van der Waals surface area contributed by atoms with Gasteiger partial charge in [0.25, 0.3) is 0 Å². The summed E-state index contributed by atoms with van der Waals surface area (Å²) in [6.07, 6.45) is 5.78. The molecule has 0 aromatic heterocycles. The first-order valence-corrected chi connectivity index (χ1v) is 6.63. The molecule has 0 bridgehead atoms. The zero-order valence-corrected chi connectivity index (χ0v) is 13.2. The molecule has 0 atom stereocenters. The third-order valence-corrected chi connectivity index (χ3v) is 4.88. The Balaban J connectivity index is 3.62. The van der Waals surface area contributed by atoms with Crippen LogP contribution in [0.15, 0.2) is 0 Å². The molecule has 0 aliphatic heterocycles. The van der Waals surface area contributed by atoms with E-state index in [1.807, 2.05) is 13.8 Å². The number of terminal acetylenes is 1. The van der Waals surface area contributed by atoms with Crippen LogP contribution in [0.3, 0.4) is 0 Å². The maximum atomic E-state index is 11.7. The average Bonchev–Trinajstić information content (AvgIpc) is 2.32. The molecule has 0 saturated heterocycles. The number of carbonyl (C=O) groups excluding carboxylic acids is 1. The lowest BCUT2D eigenvalue weighted by molar-refractivity contribution is 0.0600. The summed E-state index contributed by atoms with van der Waals surface area (Å²) in [6, 6.07) is 0. The molecule has 0 amide bonds. The van der Waals surface area contributed by atoms with Crippen molar-refractivity contribution in [3.05, 3.63) is 27.3 Å². The molecule has 0 radical (unpaired) electrons. The van der Waals surface area contributed by atoms with Gasteiger partial charge >= 0.3 is 5.97 Å². The van der Waals surface area contributed by atoms with Crippen LogP contribution in [0.2, 0.25) is 5.02 Å². The lowest BCUT2D eigenvalue weighted by Gasteiger charge is -2.16. The van der Waals surface area contributed by atoms with Crippen molar-refractivity contribution in [2.75, 3.05) is 7.11 Å². The first-order chi connectivity index (χ1) is 7.95. The Morgan fingerprint density at radius 2 is 2.06 bits per heavy atom. The second-order valence-corrected chi connectivity index (χ2v) is 5.29. The highest BCUT2D eigenvalue weighted by molar-refractivity contribution is 6.40. The van der Waals surface area contributed by atoms with Gasteiger partial charge in [-0.2, -0.15) is 0 Å². The van der Waals surface area contributed by atoms with Crippen molar-refractivity contribution in [1.29, 1.82) is 0 Å². The number of halogens is 1. The molecular weight excluding hydrogens is 252 g/mol. The maximum absolute atomic E-state index is 11.7. The van der Waals surface area contributed by atoms with Crippen molar-refractivity contribution < 1.29 is 9.53 Å². The molecule has 17 heavy (non-hydrogen) atoms. The SMILES string of the molecule is C#CCc1c([SiH3])c(C)c(C)c(C(=O)OC)c1Cl. The fraction of sp³-hybridized carbons (Fsp3) is 0.308. The third-order valence-electron chi connectivity index (χ3n) is 3.11. The van der Waals surface area contributed by atoms with Crippen molar-refractivity contribution in [3.63, 3.8) is 0 Å². The van der Waals surface area contributed by atoms with Gasteiger partial charge in [0.1, 0.15) is 0 Å². The number of benzene rings is 1. The molecule has 2 nitrogen and oxygen atoms in total. The van der Waals surface area contributed by atoms with Crippen molar-refractivity contribution in [2.45, 2.75) is 20.3 Å². The quantitative estimate of drug-likeness (QED) is 0.452. The highest BCUT2D eigenvalue weighted by Gasteiger charge is 2.21. The van der Waals surface area contributed by atoms with Crippen LogP contribution in [0.5, 0.6) is 0 Å². The lowest BCUT2D eigenvalue weighted by Crippen LogP contribution is -2.20. The largest absolute Gasteiger partial charge is 0.465 e. The monoisotopic (exact) mass is 266 g/mol. The minimum Gasteiger partial charge on any atom is -0.465 e. The minimum absolute atomic E-state index is 0.407. The van der Waals surface area contributed by atoms with Gasteiger partial charge in [0.15, 0.2) is 0 Å². The Morgan fingerprint density at radius 3 is 2.53 bits per heavy atom. The molecule has 0 N–H and O–H groups in total. The van der Waals surface area contributed by atoms with Gasteiger partial charge < -0.3 is 4.74 Å². The minimum atomic E-state index is -0.407. The molecule has 1 aromatic carbocycles. The van der Waals surface area contributed by atoms with E-state index in [0.29, 0.717) is 17.0 Å². The molecule has 0 aliphatic carbocycles. The Morgan fingerprint density at radius 1 is 1.47 bits per heavy atom. The highest BCUT2D eigenvalue weighted by atomic mass is 35.5. The summed E-state index contributed by atoms with van der Waals surface area (Å²) in [7, 11) is 2.20. The van der Waals surface area contributed by atoms with E-state index in [9.17, 15) is 4.79 Å². The van der Waals surface area contributed by atoms with Gasteiger partial charge in [0.2, 0.25) is 0 Å². The smallest absolute Gasteiger partial charge is 0.339 e. The number of hydrogen-bond donors (Lipinski definition) is 0. The normalized spacial score (nSPS) is 10.1. The first-order valence-electron chi connectivity index (χ1n) is 5.25. The molecule has 4 heteroatoms. The number of hydrogen-bond acceptors (Lipinski definition) is 2. The van der Waals surface area contributed by atoms with Crippen LogP contribution in [0, 0.1) is 26.2 Å². The van der Waals surface area contributed by atoms with Crippen molar-refractivity contribution in [3.8, 4) is 12.3 Å². The number of esters is 1. The van der Waals surface area contributed by atoms with E-state index in [0.717, 1.165) is 26.9 Å². The molecule has 0 saturated carbocycles. The Hall–Kier alpha value is -1.24. The van der Waals surface area contributed by atoms with Gasteiger partial charge in [-0.15, -0.1) is 12.3 Å². The molecule has 0 fully saturated rings. The highest BCUT2D eigenvalue weighted by Crippen LogP contribution is 2.26. The van der Waals surface area contributed by atoms with Gasteiger partial charge in [0.05, 0.1) is 17.7 Å². The predicted octanol–water partition coefficient (Wildman–Crippen LogP) is 0.910. The van der Waals surface area contributed by atoms with E-state index in [1.165, 1.54) is 12.3 Å². The molecule has 1 rings (SSSR count). The zero-order chi connectivity index (χ0) is 13.2. The fourth-order valence-corrected chi connectivity index (χ4v) is 3.22. The van der Waals surface area contributed by atoms with Crippen LogP contribution < -0.4 is 5.19 Å². The summed E-state index contributed by atoms with van der Waals surface area (Å²) >= 11 is 6.27. The van der Waals surface area contributed by atoms with E-state index < -0.39 is 5.97 Å². The van der Waals surface area contributed by atoms with Crippen LogP contribution >= 0.6 is 11.6 Å². The number of ether oxygens (including phenoxy) is 1. The van der Waals surface area contributed by atoms with Crippen molar-refractivity contribution >= 4 is 33.0 Å². The lowest BCUT2D eigenvalue weighted by atomic mass is 9.97. The van der Waals surface area contributed by atoms with Gasteiger partial charge in [-0.3, -0.25) is 0 Å². The summed E-state index contributed by atoms with van der Waals surface area (Å²) in [5.74, 6) is 2.18. The Labute approximate surface area is 110 Å². The van der Waals surface area contributed by atoms with Crippen LogP contribution in [-0.2, 0) is 11.2 Å². The molecule has 1 aromatic rings. The molecule has 0 heterocycles. The van der Waals surface area contributed by atoms with Gasteiger partial charge in [0, 0.05) is 16.7 Å². The summed E-state index contributed by atoms with van der Waals surface area (Å²) in [4.78, 5) is 11.7. The number of methoxy groups -OCH3 is 1. The van der Waals surface area contributed by atoms with Crippen molar-refractivity contribution in [2.24, 2.45) is 0 Å². The number of rotatable bonds is 2. The second kappa shape index (κ2) is 5.39.